The molecule has 4 aliphatic rings. The number of hydrogen-bond acceptors (Lipinski definition) is 19. The summed E-state index contributed by atoms with van der Waals surface area (Å²) in [5, 5.41) is 124. The van der Waals surface area contributed by atoms with Crippen LogP contribution in [-0.2, 0) is 33.2 Å². The van der Waals surface area contributed by atoms with Crippen LogP contribution in [0.15, 0.2) is 0 Å². The smallest absolute Gasteiger partial charge is 0.187 e. The van der Waals surface area contributed by atoms with Crippen molar-refractivity contribution in [3.8, 4) is 0 Å². The Bertz CT molecular complexity index is 886. The highest BCUT2D eigenvalue weighted by atomic mass is 16.8. The summed E-state index contributed by atoms with van der Waals surface area (Å²) < 4.78 is 38.4. The van der Waals surface area contributed by atoms with Gasteiger partial charge in [-0.05, 0) is 13.8 Å². The van der Waals surface area contributed by atoms with Gasteiger partial charge in [-0.3, -0.25) is 0 Å². The van der Waals surface area contributed by atoms with E-state index in [-0.39, 0.29) is 0 Å². The van der Waals surface area contributed by atoms with Gasteiger partial charge < -0.3 is 94.4 Å². The van der Waals surface area contributed by atoms with E-state index in [1.54, 1.807) is 0 Å². The molecule has 4 fully saturated rings. The highest BCUT2D eigenvalue weighted by Gasteiger charge is 2.55. The summed E-state index contributed by atoms with van der Waals surface area (Å²) in [5.41, 5.74) is 0. The van der Waals surface area contributed by atoms with Crippen molar-refractivity contribution in [2.45, 2.75) is 137 Å². The maximum atomic E-state index is 11.1. The van der Waals surface area contributed by atoms with E-state index in [1.165, 1.54) is 13.8 Å². The molecule has 20 atom stereocenters. The zero-order valence-corrected chi connectivity index (χ0v) is 23.2. The second-order valence-corrected chi connectivity index (χ2v) is 11.1. The van der Waals surface area contributed by atoms with Crippen LogP contribution in [0.2, 0.25) is 0 Å². The molecule has 0 aromatic rings. The molecule has 0 spiro atoms. The molecule has 43 heavy (non-hydrogen) atoms. The molecule has 0 aromatic carbocycles. The minimum Gasteiger partial charge on any atom is -0.394 e. The van der Waals surface area contributed by atoms with Crippen LogP contribution in [0.5, 0.6) is 0 Å². The first-order valence-corrected chi connectivity index (χ1v) is 13.8. The third kappa shape index (κ3) is 7.00. The van der Waals surface area contributed by atoms with Crippen LogP contribution >= 0.6 is 0 Å². The number of rotatable bonds is 8. The van der Waals surface area contributed by atoms with Crippen LogP contribution in [0.4, 0.5) is 0 Å². The number of aliphatic hydroxyl groups excluding tert-OH is 12. The Hall–Kier alpha value is -0.760. The lowest BCUT2D eigenvalue weighted by Crippen LogP contribution is -2.67. The molecule has 0 aliphatic carbocycles. The summed E-state index contributed by atoms with van der Waals surface area (Å²) in [6, 6.07) is 0. The second kappa shape index (κ2) is 14.3. The van der Waals surface area contributed by atoms with E-state index in [9.17, 15) is 61.3 Å². The van der Waals surface area contributed by atoms with Crippen molar-refractivity contribution in [3.05, 3.63) is 0 Å². The summed E-state index contributed by atoms with van der Waals surface area (Å²) in [7, 11) is 0. The topological polar surface area (TPSA) is 307 Å². The zero-order valence-electron chi connectivity index (χ0n) is 23.2. The van der Waals surface area contributed by atoms with E-state index in [2.05, 4.69) is 0 Å². The van der Waals surface area contributed by atoms with E-state index in [4.69, 9.17) is 33.2 Å². The molecule has 0 amide bonds. The summed E-state index contributed by atoms with van der Waals surface area (Å²) in [5.74, 6) is 0. The van der Waals surface area contributed by atoms with Gasteiger partial charge in [0.1, 0.15) is 85.5 Å². The van der Waals surface area contributed by atoms with Crippen LogP contribution < -0.4 is 0 Å². The average molecular weight is 635 g/mol. The Labute approximate surface area is 244 Å². The van der Waals surface area contributed by atoms with Gasteiger partial charge in [0.15, 0.2) is 25.2 Å². The van der Waals surface area contributed by atoms with Gasteiger partial charge in [-0.1, -0.05) is 0 Å². The van der Waals surface area contributed by atoms with Gasteiger partial charge >= 0.3 is 0 Å². The quantitative estimate of drug-likeness (QED) is 0.118. The predicted octanol–water partition coefficient (Wildman–Crippen LogP) is -7.69. The minimum absolute atomic E-state index is 0.755. The van der Waals surface area contributed by atoms with Crippen molar-refractivity contribution < 1.29 is 94.4 Å². The molecule has 4 rings (SSSR count). The van der Waals surface area contributed by atoms with Gasteiger partial charge in [0.2, 0.25) is 0 Å². The summed E-state index contributed by atoms with van der Waals surface area (Å²) in [6.45, 7) is 1.16. The SMILES string of the molecule is C[C@@H]1O[C@H](O[C@H]2[C@H](O[C@@H]3[C@H](O)[C@@H](O[C@@H]4[C@@H](O)[C@H](O)O[C@H](CO)[C@H]4O)O[C@@H](C)[C@H]3O)O[C@H](CO)[C@@H](O)[C@@H]2O)[C@@H](O)[C@H](O)[C@@H]1O. The van der Waals surface area contributed by atoms with Gasteiger partial charge in [-0.25, -0.2) is 0 Å². The molecule has 4 saturated heterocycles. The van der Waals surface area contributed by atoms with Crippen LogP contribution in [0.3, 0.4) is 0 Å². The van der Waals surface area contributed by atoms with Crippen LogP contribution in [0, 0.1) is 0 Å². The van der Waals surface area contributed by atoms with E-state index in [1.807, 2.05) is 0 Å². The lowest BCUT2D eigenvalue weighted by molar-refractivity contribution is -0.393. The van der Waals surface area contributed by atoms with Gasteiger partial charge in [0.25, 0.3) is 0 Å². The van der Waals surface area contributed by atoms with Gasteiger partial charge in [-0.15, -0.1) is 0 Å². The fraction of sp³-hybridized carbons (Fsp3) is 1.00. The standard InChI is InChI=1S/C24H42O19/c1-5-9(27)13(31)15(33)22(37-5)43-20-14(32)11(29)7(3-25)40-24(20)42-18-10(28)6(2)38-23(17(18)35)41-19-12(30)8(4-26)39-21(36)16(19)34/h5-36H,3-4H2,1-2H3/t5-,6-,7+,8+,9+,10+,11+,12+,13+,14-,15-,16+,17-,18-,19-,20+,21+,22+,23+,24-/m0/s1. The third-order valence-corrected chi connectivity index (χ3v) is 8.13. The molecule has 0 saturated carbocycles. The van der Waals surface area contributed by atoms with Gasteiger partial charge in [-0.2, -0.15) is 0 Å². The van der Waals surface area contributed by atoms with Crippen LogP contribution in [0.1, 0.15) is 13.8 Å². The monoisotopic (exact) mass is 634 g/mol. The Morgan fingerprint density at radius 3 is 1.51 bits per heavy atom. The summed E-state index contributed by atoms with van der Waals surface area (Å²) in [6.07, 6.45) is -33.0. The fourth-order valence-electron chi connectivity index (χ4n) is 5.40. The first-order chi connectivity index (χ1) is 20.2. The summed E-state index contributed by atoms with van der Waals surface area (Å²) >= 11 is 0. The predicted molar refractivity (Wildman–Crippen MR) is 131 cm³/mol. The minimum atomic E-state index is -1.92. The fourth-order valence-corrected chi connectivity index (χ4v) is 5.40. The molecule has 0 radical (unpaired) electrons. The highest BCUT2D eigenvalue weighted by molar-refractivity contribution is 4.97. The first kappa shape index (κ1) is 35.1. The number of ether oxygens (including phenoxy) is 7. The van der Waals surface area contributed by atoms with Gasteiger partial charge in [0.05, 0.1) is 25.4 Å². The van der Waals surface area contributed by atoms with Crippen molar-refractivity contribution in [1.29, 1.82) is 0 Å². The average Bonchev–Trinajstić information content (AvgIpc) is 2.98. The third-order valence-electron chi connectivity index (χ3n) is 8.13. The molecule has 12 N–H and O–H groups in total. The van der Waals surface area contributed by atoms with Crippen LogP contribution in [-0.4, -0.2) is 197 Å². The van der Waals surface area contributed by atoms with Crippen LogP contribution in [0.25, 0.3) is 0 Å². The molecule has 0 unspecified atom stereocenters. The zero-order chi connectivity index (χ0) is 31.9. The van der Waals surface area contributed by atoms with Gasteiger partial charge in [0, 0.05) is 0 Å². The molecule has 19 heteroatoms. The normalized spacial score (nSPS) is 54.8. The van der Waals surface area contributed by atoms with Crippen molar-refractivity contribution >= 4 is 0 Å². The Morgan fingerprint density at radius 2 is 0.907 bits per heavy atom. The first-order valence-electron chi connectivity index (χ1n) is 13.8. The van der Waals surface area contributed by atoms with Crippen molar-refractivity contribution in [3.63, 3.8) is 0 Å². The van der Waals surface area contributed by atoms with E-state index in [0.717, 1.165) is 0 Å². The van der Waals surface area contributed by atoms with Crippen molar-refractivity contribution in [2.75, 3.05) is 13.2 Å². The Kier molecular flexibility index (Phi) is 11.7. The largest absolute Gasteiger partial charge is 0.394 e. The van der Waals surface area contributed by atoms with Crippen molar-refractivity contribution in [1.82, 2.24) is 0 Å². The Morgan fingerprint density at radius 1 is 0.419 bits per heavy atom. The highest BCUT2D eigenvalue weighted by Crippen LogP contribution is 2.34. The van der Waals surface area contributed by atoms with E-state index >= 15 is 0 Å². The molecule has 4 heterocycles. The molecular formula is C24H42O19. The van der Waals surface area contributed by atoms with Crippen molar-refractivity contribution in [2.24, 2.45) is 0 Å². The summed E-state index contributed by atoms with van der Waals surface area (Å²) in [4.78, 5) is 0. The van der Waals surface area contributed by atoms with E-state index in [0.29, 0.717) is 0 Å². The number of hydrogen-bond donors (Lipinski definition) is 12. The Balaban J connectivity index is 1.55. The molecular weight excluding hydrogens is 592 g/mol. The molecule has 0 bridgehead atoms. The molecule has 19 nitrogen and oxygen atoms in total. The lowest BCUT2D eigenvalue weighted by Gasteiger charge is -2.49. The maximum absolute atomic E-state index is 11.1. The molecule has 4 aliphatic heterocycles. The molecule has 0 aromatic heterocycles. The maximum Gasteiger partial charge on any atom is 0.187 e. The van der Waals surface area contributed by atoms with E-state index < -0.39 is 136 Å². The molecule has 252 valence electrons. The number of aliphatic hydroxyl groups is 12. The lowest BCUT2D eigenvalue weighted by atomic mass is 9.96. The second-order valence-electron chi connectivity index (χ2n) is 11.1.